The standard InChI is InChI=1S/C21H21NO5S/c1-3-14(21(23)24)13-18-22-19(20(27-18)16-7-5-4-6-8-16)15-9-11-17(12-10-15)28(2,25)26/h4-12,14H,3,13H2,1-2H3,(H,23,24). The topological polar surface area (TPSA) is 97.5 Å². The van der Waals surface area contributed by atoms with Crippen molar-refractivity contribution in [1.29, 1.82) is 0 Å². The van der Waals surface area contributed by atoms with Gasteiger partial charge in [-0.3, -0.25) is 4.79 Å². The van der Waals surface area contributed by atoms with Gasteiger partial charge in [-0.2, -0.15) is 0 Å². The monoisotopic (exact) mass is 399 g/mol. The minimum absolute atomic E-state index is 0.188. The largest absolute Gasteiger partial charge is 0.481 e. The van der Waals surface area contributed by atoms with Gasteiger partial charge >= 0.3 is 5.97 Å². The molecule has 1 unspecified atom stereocenters. The Hall–Kier alpha value is -2.93. The number of sulfone groups is 1. The molecule has 0 radical (unpaired) electrons. The second-order valence-electron chi connectivity index (χ2n) is 6.60. The Balaban J connectivity index is 2.07. The molecule has 28 heavy (non-hydrogen) atoms. The summed E-state index contributed by atoms with van der Waals surface area (Å²) < 4.78 is 29.3. The van der Waals surface area contributed by atoms with Crippen molar-refractivity contribution in [2.24, 2.45) is 5.92 Å². The van der Waals surface area contributed by atoms with Gasteiger partial charge in [-0.1, -0.05) is 49.4 Å². The molecule has 2 aromatic carbocycles. The molecule has 0 saturated heterocycles. The molecule has 146 valence electrons. The van der Waals surface area contributed by atoms with Crippen LogP contribution in [0.2, 0.25) is 0 Å². The molecule has 7 heteroatoms. The highest BCUT2D eigenvalue weighted by atomic mass is 32.2. The number of oxazole rings is 1. The summed E-state index contributed by atoms with van der Waals surface area (Å²) in [5.74, 6) is -0.595. The lowest BCUT2D eigenvalue weighted by Gasteiger charge is -2.05. The third-order valence-corrected chi connectivity index (χ3v) is 5.65. The van der Waals surface area contributed by atoms with Crippen molar-refractivity contribution in [2.45, 2.75) is 24.7 Å². The van der Waals surface area contributed by atoms with Gasteiger partial charge in [0.15, 0.2) is 21.5 Å². The number of hydrogen-bond acceptors (Lipinski definition) is 5. The molecule has 0 amide bonds. The van der Waals surface area contributed by atoms with Gasteiger partial charge < -0.3 is 9.52 Å². The smallest absolute Gasteiger partial charge is 0.307 e. The summed E-state index contributed by atoms with van der Waals surface area (Å²) >= 11 is 0. The molecule has 1 atom stereocenters. The van der Waals surface area contributed by atoms with Crippen LogP contribution in [0.5, 0.6) is 0 Å². The van der Waals surface area contributed by atoms with Crippen LogP contribution < -0.4 is 0 Å². The fraction of sp³-hybridized carbons (Fsp3) is 0.238. The second-order valence-corrected chi connectivity index (χ2v) is 8.61. The van der Waals surface area contributed by atoms with Crippen molar-refractivity contribution in [3.05, 3.63) is 60.5 Å². The fourth-order valence-electron chi connectivity index (χ4n) is 2.91. The van der Waals surface area contributed by atoms with Crippen molar-refractivity contribution >= 4 is 15.8 Å². The summed E-state index contributed by atoms with van der Waals surface area (Å²) in [4.78, 5) is 16.1. The zero-order valence-corrected chi connectivity index (χ0v) is 16.4. The van der Waals surface area contributed by atoms with Crippen molar-refractivity contribution in [3.8, 4) is 22.6 Å². The third kappa shape index (κ3) is 4.31. The maximum atomic E-state index is 11.7. The minimum Gasteiger partial charge on any atom is -0.481 e. The first-order chi connectivity index (χ1) is 13.3. The molecule has 0 spiro atoms. The van der Waals surface area contributed by atoms with Gasteiger partial charge in [-0.05, 0) is 18.6 Å². The van der Waals surface area contributed by atoms with Gasteiger partial charge in [0.1, 0.15) is 5.69 Å². The zero-order chi connectivity index (χ0) is 20.3. The van der Waals surface area contributed by atoms with Crippen LogP contribution in [0.15, 0.2) is 63.9 Å². The molecule has 1 N–H and O–H groups in total. The molecule has 6 nitrogen and oxygen atoms in total. The van der Waals surface area contributed by atoms with Crippen LogP contribution in [0.4, 0.5) is 0 Å². The van der Waals surface area contributed by atoms with E-state index in [0.717, 1.165) is 11.8 Å². The highest BCUT2D eigenvalue weighted by molar-refractivity contribution is 7.90. The SMILES string of the molecule is CCC(Cc1nc(-c2ccc(S(C)(=O)=O)cc2)c(-c2ccccc2)o1)C(=O)O. The van der Waals surface area contributed by atoms with Crippen LogP contribution in [0.25, 0.3) is 22.6 Å². The summed E-state index contributed by atoms with van der Waals surface area (Å²) in [5, 5.41) is 9.33. The van der Waals surface area contributed by atoms with Crippen molar-refractivity contribution < 1.29 is 22.7 Å². The number of nitrogens with zero attached hydrogens (tertiary/aromatic N) is 1. The number of carboxylic acid groups (broad SMARTS) is 1. The van der Waals surface area contributed by atoms with Gasteiger partial charge in [0.05, 0.1) is 10.8 Å². The summed E-state index contributed by atoms with van der Waals surface area (Å²) in [6.07, 6.45) is 1.81. The van der Waals surface area contributed by atoms with Crippen LogP contribution in [0, 0.1) is 5.92 Å². The lowest BCUT2D eigenvalue weighted by atomic mass is 10.0. The van der Waals surface area contributed by atoms with E-state index in [2.05, 4.69) is 4.98 Å². The van der Waals surface area contributed by atoms with E-state index in [0.29, 0.717) is 29.3 Å². The number of aromatic nitrogens is 1. The predicted molar refractivity (Wildman–Crippen MR) is 106 cm³/mol. The number of carboxylic acids is 1. The molecular formula is C21H21NO5S. The average molecular weight is 399 g/mol. The number of aliphatic carboxylic acids is 1. The normalized spacial score (nSPS) is 12.6. The Bertz CT molecular complexity index is 1070. The summed E-state index contributed by atoms with van der Waals surface area (Å²) in [6, 6.07) is 15.8. The molecular weight excluding hydrogens is 378 g/mol. The van der Waals surface area contributed by atoms with E-state index in [9.17, 15) is 18.3 Å². The van der Waals surface area contributed by atoms with E-state index in [-0.39, 0.29) is 11.3 Å². The first-order valence-electron chi connectivity index (χ1n) is 8.88. The van der Waals surface area contributed by atoms with Crippen LogP contribution in [0.1, 0.15) is 19.2 Å². The van der Waals surface area contributed by atoms with E-state index in [1.807, 2.05) is 37.3 Å². The average Bonchev–Trinajstić information content (AvgIpc) is 3.10. The van der Waals surface area contributed by atoms with E-state index >= 15 is 0 Å². The van der Waals surface area contributed by atoms with Gasteiger partial charge in [0.2, 0.25) is 0 Å². The summed E-state index contributed by atoms with van der Waals surface area (Å²) in [6.45, 7) is 1.81. The van der Waals surface area contributed by atoms with Crippen molar-refractivity contribution in [3.63, 3.8) is 0 Å². The molecule has 3 rings (SSSR count). The Morgan fingerprint density at radius 1 is 1.07 bits per heavy atom. The molecule has 1 heterocycles. The summed E-state index contributed by atoms with van der Waals surface area (Å²) in [7, 11) is -3.30. The van der Waals surface area contributed by atoms with Crippen molar-refractivity contribution in [2.75, 3.05) is 6.26 Å². The van der Waals surface area contributed by atoms with E-state index < -0.39 is 21.7 Å². The highest BCUT2D eigenvalue weighted by Gasteiger charge is 2.22. The number of benzene rings is 2. The highest BCUT2D eigenvalue weighted by Crippen LogP contribution is 2.34. The lowest BCUT2D eigenvalue weighted by Crippen LogP contribution is -2.15. The van der Waals surface area contributed by atoms with Gasteiger partial charge in [0.25, 0.3) is 0 Å². The number of carbonyl (C=O) groups is 1. The predicted octanol–water partition coefficient (Wildman–Crippen LogP) is 4.07. The molecule has 0 aliphatic heterocycles. The number of rotatable bonds is 7. The Morgan fingerprint density at radius 3 is 2.25 bits per heavy atom. The van der Waals surface area contributed by atoms with Crippen LogP contribution in [0.3, 0.4) is 0 Å². The quantitative estimate of drug-likeness (QED) is 0.643. The van der Waals surface area contributed by atoms with E-state index in [1.54, 1.807) is 12.1 Å². The van der Waals surface area contributed by atoms with Crippen LogP contribution >= 0.6 is 0 Å². The minimum atomic E-state index is -3.30. The Kier molecular flexibility index (Phi) is 5.65. The first-order valence-corrected chi connectivity index (χ1v) is 10.8. The Morgan fingerprint density at radius 2 is 1.71 bits per heavy atom. The molecule has 0 saturated carbocycles. The van der Waals surface area contributed by atoms with E-state index in [4.69, 9.17) is 4.42 Å². The molecule has 0 aliphatic carbocycles. The molecule has 0 aliphatic rings. The maximum Gasteiger partial charge on any atom is 0.307 e. The van der Waals surface area contributed by atoms with Crippen LogP contribution in [-0.2, 0) is 21.1 Å². The van der Waals surface area contributed by atoms with Crippen molar-refractivity contribution in [1.82, 2.24) is 4.98 Å². The third-order valence-electron chi connectivity index (χ3n) is 4.53. The van der Waals surface area contributed by atoms with E-state index in [1.165, 1.54) is 12.1 Å². The number of hydrogen-bond donors (Lipinski definition) is 1. The molecule has 0 bridgehead atoms. The lowest BCUT2D eigenvalue weighted by molar-refractivity contribution is -0.141. The Labute approximate surface area is 163 Å². The van der Waals surface area contributed by atoms with Gasteiger partial charge in [-0.25, -0.2) is 13.4 Å². The second kappa shape index (κ2) is 7.98. The fourth-order valence-corrected chi connectivity index (χ4v) is 3.54. The molecule has 1 aromatic heterocycles. The van der Waals surface area contributed by atoms with Crippen LogP contribution in [-0.4, -0.2) is 30.7 Å². The maximum absolute atomic E-state index is 11.7. The first kappa shape index (κ1) is 19.8. The van der Waals surface area contributed by atoms with Gasteiger partial charge in [0, 0.05) is 23.8 Å². The summed E-state index contributed by atoms with van der Waals surface area (Å²) in [5.41, 5.74) is 2.07. The molecule has 0 fully saturated rings. The molecule has 3 aromatic rings. The van der Waals surface area contributed by atoms with Gasteiger partial charge in [-0.15, -0.1) is 0 Å². The zero-order valence-electron chi connectivity index (χ0n) is 15.6.